The molecule has 32 valence electrons. The molecule has 0 nitrogen and oxygen atoms in total. The first kappa shape index (κ1) is 24.6. The van der Waals surface area contributed by atoms with Gasteiger partial charge in [-0.05, 0) is 0 Å². The second-order valence-corrected chi connectivity index (χ2v) is 0. The molecule has 0 aromatic heterocycles. The van der Waals surface area contributed by atoms with E-state index in [9.17, 15) is 0 Å². The average Bonchev–Trinajstić information content (AvgIpc) is 1.50. The molecule has 0 unspecified atom stereocenters. The molecule has 0 amide bonds. The molecule has 0 aromatic carbocycles. The maximum Gasteiger partial charge on any atom is 0 e. The molecule has 0 aromatic rings. The van der Waals surface area contributed by atoms with Crippen LogP contribution in [0.1, 0.15) is 6.92 Å². The Kier molecular flexibility index (Phi) is 266. The van der Waals surface area contributed by atoms with Crippen LogP contribution in [0, 0.1) is 13.5 Å². The zero-order chi connectivity index (χ0) is 4.00. The summed E-state index contributed by atoms with van der Waals surface area (Å²) >= 11 is 0. The van der Waals surface area contributed by atoms with Gasteiger partial charge in [0.05, 0.1) is 0 Å². The van der Waals surface area contributed by atoms with E-state index in [-0.39, 0.29) is 65.4 Å². The molecule has 0 fully saturated rings. The molecule has 0 aliphatic heterocycles. The smallest absolute Gasteiger partial charge is 0 e. The first-order chi connectivity index (χ1) is 2.00. The Morgan fingerprint density at radius 3 is 1.17 bits per heavy atom. The van der Waals surface area contributed by atoms with Gasteiger partial charge in [-0.25, -0.2) is 0 Å². The summed E-state index contributed by atoms with van der Waals surface area (Å²) in [6, 6.07) is 0. The summed E-state index contributed by atoms with van der Waals surface area (Å²) in [6.07, 6.45) is 0. The van der Waals surface area contributed by atoms with Crippen molar-refractivity contribution in [3.63, 3.8) is 0 Å². The van der Waals surface area contributed by atoms with E-state index in [0.29, 0.717) is 0 Å². The van der Waals surface area contributed by atoms with Crippen molar-refractivity contribution in [1.29, 1.82) is 0 Å². The average molecular weight is 234 g/mol. The first-order valence-corrected chi connectivity index (χ1v) is 1.12. The third kappa shape index (κ3) is 38.4. The molecule has 0 saturated carbocycles. The molecule has 0 heterocycles. The van der Waals surface area contributed by atoms with Crippen LogP contribution in [0.15, 0.2) is 6.58 Å². The van der Waals surface area contributed by atoms with Gasteiger partial charge < -0.3 is 13.5 Å². The Morgan fingerprint density at radius 1 is 1.17 bits per heavy atom. The minimum Gasteiger partial charge on any atom is -0.521 e. The monoisotopic (exact) mass is 234 g/mol. The predicted octanol–water partition coefficient (Wildman–Crippen LogP) is 1.44. The summed E-state index contributed by atoms with van der Waals surface area (Å²) in [4.78, 5) is 0. The second-order valence-electron chi connectivity index (χ2n) is 0. The summed E-state index contributed by atoms with van der Waals surface area (Å²) < 4.78 is 0. The molecule has 0 saturated heterocycles. The van der Waals surface area contributed by atoms with Crippen LogP contribution < -0.4 is 0 Å². The standard InChI is InChI=1S/C2H5.C2H3.2Y/c2*1-2;;/h1H2,2H3;1H,2H2;;/q2*-1;;. The van der Waals surface area contributed by atoms with Crippen molar-refractivity contribution in [2.24, 2.45) is 0 Å². The molecular formula is C4H8Y2-2. The molecule has 6 heavy (non-hydrogen) atoms. The summed E-state index contributed by atoms with van der Waals surface area (Å²) in [5.74, 6) is 0. The van der Waals surface area contributed by atoms with Gasteiger partial charge in [0, 0.05) is 65.4 Å². The maximum atomic E-state index is 4.25. The van der Waals surface area contributed by atoms with E-state index in [4.69, 9.17) is 0 Å². The van der Waals surface area contributed by atoms with Crippen molar-refractivity contribution in [3.8, 4) is 0 Å². The van der Waals surface area contributed by atoms with E-state index in [0.717, 1.165) is 0 Å². The quantitative estimate of drug-likeness (QED) is 0.556. The van der Waals surface area contributed by atoms with E-state index >= 15 is 0 Å². The molecule has 2 radical (unpaired) electrons. The zero-order valence-corrected chi connectivity index (χ0v) is 9.82. The van der Waals surface area contributed by atoms with Gasteiger partial charge in [-0.2, -0.15) is 6.92 Å². The van der Waals surface area contributed by atoms with Gasteiger partial charge in [-0.3, -0.25) is 6.58 Å². The topological polar surface area (TPSA) is 0 Å². The maximum absolute atomic E-state index is 4.25. The van der Waals surface area contributed by atoms with Crippen LogP contribution in [-0.2, 0) is 65.4 Å². The number of hydrogen-bond acceptors (Lipinski definition) is 0. The van der Waals surface area contributed by atoms with Crippen molar-refractivity contribution in [1.82, 2.24) is 0 Å². The molecule has 2 heteroatoms. The molecular weight excluding hydrogens is 226 g/mol. The van der Waals surface area contributed by atoms with Gasteiger partial charge in [0.15, 0.2) is 0 Å². The fourth-order valence-electron chi connectivity index (χ4n) is 0. The Hall–Kier alpha value is 1.95. The van der Waals surface area contributed by atoms with Gasteiger partial charge >= 0.3 is 0 Å². The van der Waals surface area contributed by atoms with Crippen molar-refractivity contribution >= 4 is 0 Å². The SMILES string of the molecule is [CH-]=C.[CH2-]C.[Y].[Y]. The van der Waals surface area contributed by atoms with E-state index in [2.05, 4.69) is 20.1 Å². The normalized spacial score (nSPS) is 1.67. The molecule has 0 rings (SSSR count). The van der Waals surface area contributed by atoms with E-state index in [1.165, 1.54) is 0 Å². The fraction of sp³-hybridized carbons (Fsp3) is 0.250. The van der Waals surface area contributed by atoms with Crippen molar-refractivity contribution < 1.29 is 65.4 Å². The van der Waals surface area contributed by atoms with Crippen LogP contribution >= 0.6 is 0 Å². The second kappa shape index (κ2) is 64.8. The molecule has 0 aliphatic rings. The zero-order valence-electron chi connectivity index (χ0n) is 4.15. The molecule has 0 bridgehead atoms. The van der Waals surface area contributed by atoms with E-state index in [1.807, 2.05) is 0 Å². The Bertz CT molecular complexity index is 5.51. The van der Waals surface area contributed by atoms with Gasteiger partial charge in [0.25, 0.3) is 0 Å². The van der Waals surface area contributed by atoms with Crippen molar-refractivity contribution in [2.45, 2.75) is 6.92 Å². The number of rotatable bonds is 0. The van der Waals surface area contributed by atoms with Gasteiger partial charge in [-0.15, -0.1) is 0 Å². The minimum absolute atomic E-state index is 0. The van der Waals surface area contributed by atoms with Gasteiger partial charge in [-0.1, -0.05) is 0 Å². The van der Waals surface area contributed by atoms with Crippen LogP contribution in [0.3, 0.4) is 0 Å². The van der Waals surface area contributed by atoms with Crippen LogP contribution in [-0.4, -0.2) is 0 Å². The fourth-order valence-corrected chi connectivity index (χ4v) is 0. The van der Waals surface area contributed by atoms with Crippen LogP contribution in [0.5, 0.6) is 0 Å². The Labute approximate surface area is 90.9 Å². The third-order valence-corrected chi connectivity index (χ3v) is 0. The first-order valence-electron chi connectivity index (χ1n) is 1.12. The molecule has 0 aliphatic carbocycles. The third-order valence-electron chi connectivity index (χ3n) is 0. The molecule has 0 N–H and O–H groups in total. The van der Waals surface area contributed by atoms with Gasteiger partial charge in [0.2, 0.25) is 0 Å². The Morgan fingerprint density at radius 2 is 1.17 bits per heavy atom. The van der Waals surface area contributed by atoms with Crippen molar-refractivity contribution in [2.75, 3.05) is 0 Å². The minimum atomic E-state index is 0. The molecule has 0 atom stereocenters. The van der Waals surface area contributed by atoms with Gasteiger partial charge in [0.1, 0.15) is 0 Å². The van der Waals surface area contributed by atoms with Crippen LogP contribution in [0.25, 0.3) is 0 Å². The molecule has 0 spiro atoms. The predicted molar refractivity (Wildman–Crippen MR) is 21.0 cm³/mol. The van der Waals surface area contributed by atoms with Crippen LogP contribution in [0.4, 0.5) is 0 Å². The van der Waals surface area contributed by atoms with Crippen molar-refractivity contribution in [3.05, 3.63) is 20.1 Å². The largest absolute Gasteiger partial charge is 0.521 e. The summed E-state index contributed by atoms with van der Waals surface area (Å²) in [5, 5.41) is 0. The van der Waals surface area contributed by atoms with Crippen LogP contribution in [0.2, 0.25) is 0 Å². The summed E-state index contributed by atoms with van der Waals surface area (Å²) in [7, 11) is 0. The summed E-state index contributed by atoms with van der Waals surface area (Å²) in [6.45, 7) is 12.0. The summed E-state index contributed by atoms with van der Waals surface area (Å²) in [5.41, 5.74) is 0. The van der Waals surface area contributed by atoms with E-state index < -0.39 is 0 Å². The van der Waals surface area contributed by atoms with E-state index in [1.54, 1.807) is 6.92 Å². The number of hydrogen-bond donors (Lipinski definition) is 0. The Balaban J connectivity index is -0.00000000500.